The van der Waals surface area contributed by atoms with E-state index in [1.807, 2.05) is 35.9 Å². The highest BCUT2D eigenvalue weighted by Gasteiger charge is 2.21. The van der Waals surface area contributed by atoms with Crippen LogP contribution in [0.3, 0.4) is 0 Å². The maximum Gasteiger partial charge on any atom is 0.261 e. The number of aryl methyl sites for hydroxylation is 1. The number of fused-ring (bicyclic) bond motifs is 1. The molecule has 0 amide bonds. The molecule has 1 aliphatic heterocycles. The number of para-hydroxylation sites is 1. The van der Waals surface area contributed by atoms with E-state index in [4.69, 9.17) is 0 Å². The van der Waals surface area contributed by atoms with Crippen molar-refractivity contribution in [1.29, 1.82) is 0 Å². The number of piperidine rings is 1. The van der Waals surface area contributed by atoms with Gasteiger partial charge in [-0.05, 0) is 44.0 Å². The lowest BCUT2D eigenvalue weighted by molar-refractivity contribution is 0.162. The molecule has 25 heavy (non-hydrogen) atoms. The molecule has 1 saturated heterocycles. The Hall–Kier alpha value is -2.54. The van der Waals surface area contributed by atoms with Gasteiger partial charge in [0.15, 0.2) is 0 Å². The molecular formula is C18H22N6O. The predicted octanol–water partition coefficient (Wildman–Crippen LogP) is 1.44. The second-order valence-corrected chi connectivity index (χ2v) is 6.80. The first-order chi connectivity index (χ1) is 12.2. The van der Waals surface area contributed by atoms with Gasteiger partial charge in [0.05, 0.1) is 23.8 Å². The SMILES string of the molecule is Cn1cnnc1CN1CCC(Cn2cnc3ccccc3c2=O)CC1. The van der Waals surface area contributed by atoms with E-state index in [-0.39, 0.29) is 5.56 Å². The Morgan fingerprint density at radius 3 is 2.72 bits per heavy atom. The zero-order chi connectivity index (χ0) is 17.2. The molecule has 0 bridgehead atoms. The fraction of sp³-hybridized carbons (Fsp3) is 0.444. The Bertz CT molecular complexity index is 922. The number of likely N-dealkylation sites (tertiary alicyclic amines) is 1. The van der Waals surface area contributed by atoms with Crippen molar-refractivity contribution >= 4 is 10.9 Å². The summed E-state index contributed by atoms with van der Waals surface area (Å²) in [6, 6.07) is 7.53. The van der Waals surface area contributed by atoms with Gasteiger partial charge in [0.1, 0.15) is 12.2 Å². The van der Waals surface area contributed by atoms with E-state index in [9.17, 15) is 4.79 Å². The molecule has 1 fully saturated rings. The zero-order valence-corrected chi connectivity index (χ0v) is 14.4. The summed E-state index contributed by atoms with van der Waals surface area (Å²) in [7, 11) is 1.97. The molecular weight excluding hydrogens is 316 g/mol. The van der Waals surface area contributed by atoms with Crippen molar-refractivity contribution in [3.8, 4) is 0 Å². The van der Waals surface area contributed by atoms with Gasteiger partial charge < -0.3 is 4.57 Å². The topological polar surface area (TPSA) is 68.8 Å². The Morgan fingerprint density at radius 2 is 1.96 bits per heavy atom. The Balaban J connectivity index is 1.40. The number of nitrogens with zero attached hydrogens (tertiary/aromatic N) is 6. The molecule has 7 heteroatoms. The number of hydrogen-bond acceptors (Lipinski definition) is 5. The summed E-state index contributed by atoms with van der Waals surface area (Å²) in [6.45, 7) is 3.62. The zero-order valence-electron chi connectivity index (χ0n) is 14.4. The van der Waals surface area contributed by atoms with E-state index in [1.54, 1.807) is 17.2 Å². The smallest absolute Gasteiger partial charge is 0.261 e. The Labute approximate surface area is 145 Å². The number of aromatic nitrogens is 5. The summed E-state index contributed by atoms with van der Waals surface area (Å²) in [5, 5.41) is 8.79. The van der Waals surface area contributed by atoms with Gasteiger partial charge in [-0.2, -0.15) is 0 Å². The van der Waals surface area contributed by atoms with Gasteiger partial charge in [-0.1, -0.05) is 12.1 Å². The standard InChI is InChI=1S/C18H22N6O/c1-22-13-20-21-17(22)11-23-8-6-14(7-9-23)10-24-12-19-16-5-3-2-4-15(16)18(24)25/h2-5,12-14H,6-11H2,1H3. The maximum atomic E-state index is 12.6. The molecule has 0 radical (unpaired) electrons. The molecule has 1 aliphatic rings. The molecule has 3 aromatic rings. The lowest BCUT2D eigenvalue weighted by atomic mass is 9.96. The second-order valence-electron chi connectivity index (χ2n) is 6.80. The van der Waals surface area contributed by atoms with Crippen LogP contribution in [-0.4, -0.2) is 42.3 Å². The van der Waals surface area contributed by atoms with Crippen molar-refractivity contribution in [2.24, 2.45) is 13.0 Å². The van der Waals surface area contributed by atoms with Crippen molar-refractivity contribution in [3.63, 3.8) is 0 Å². The molecule has 1 aromatic carbocycles. The Kier molecular flexibility index (Phi) is 4.31. The number of hydrogen-bond donors (Lipinski definition) is 0. The van der Waals surface area contributed by atoms with Crippen LogP contribution >= 0.6 is 0 Å². The highest BCUT2D eigenvalue weighted by Crippen LogP contribution is 2.20. The molecule has 7 nitrogen and oxygen atoms in total. The summed E-state index contributed by atoms with van der Waals surface area (Å²) >= 11 is 0. The largest absolute Gasteiger partial charge is 0.320 e. The molecule has 0 saturated carbocycles. The van der Waals surface area contributed by atoms with Crippen LogP contribution in [0.4, 0.5) is 0 Å². The van der Waals surface area contributed by atoms with E-state index >= 15 is 0 Å². The summed E-state index contributed by atoms with van der Waals surface area (Å²) in [6.07, 6.45) is 5.59. The van der Waals surface area contributed by atoms with Crippen LogP contribution < -0.4 is 5.56 Å². The summed E-state index contributed by atoms with van der Waals surface area (Å²) in [4.78, 5) is 19.4. The fourth-order valence-corrected chi connectivity index (χ4v) is 3.49. The van der Waals surface area contributed by atoms with E-state index in [0.717, 1.165) is 50.4 Å². The second kappa shape index (κ2) is 6.76. The van der Waals surface area contributed by atoms with Crippen molar-refractivity contribution in [1.82, 2.24) is 29.2 Å². The van der Waals surface area contributed by atoms with E-state index < -0.39 is 0 Å². The Morgan fingerprint density at radius 1 is 1.16 bits per heavy atom. The summed E-state index contributed by atoms with van der Waals surface area (Å²) in [5.74, 6) is 1.50. The molecule has 0 spiro atoms. The average molecular weight is 338 g/mol. The number of rotatable bonds is 4. The average Bonchev–Trinajstić information content (AvgIpc) is 3.04. The van der Waals surface area contributed by atoms with Crippen LogP contribution in [0.25, 0.3) is 10.9 Å². The number of benzene rings is 1. The van der Waals surface area contributed by atoms with Crippen LogP contribution in [0, 0.1) is 5.92 Å². The van der Waals surface area contributed by atoms with E-state index in [1.165, 1.54) is 0 Å². The molecule has 0 unspecified atom stereocenters. The third kappa shape index (κ3) is 3.32. The fourth-order valence-electron chi connectivity index (χ4n) is 3.49. The molecule has 0 aliphatic carbocycles. The van der Waals surface area contributed by atoms with Crippen molar-refractivity contribution in [2.45, 2.75) is 25.9 Å². The molecule has 0 atom stereocenters. The van der Waals surface area contributed by atoms with Gasteiger partial charge >= 0.3 is 0 Å². The van der Waals surface area contributed by atoms with Crippen molar-refractivity contribution in [2.75, 3.05) is 13.1 Å². The molecule has 3 heterocycles. The van der Waals surface area contributed by atoms with Gasteiger partial charge in [-0.25, -0.2) is 4.98 Å². The molecule has 2 aromatic heterocycles. The van der Waals surface area contributed by atoms with Gasteiger partial charge in [0.25, 0.3) is 5.56 Å². The molecule has 4 rings (SSSR count). The monoisotopic (exact) mass is 338 g/mol. The van der Waals surface area contributed by atoms with Crippen LogP contribution in [0.1, 0.15) is 18.7 Å². The van der Waals surface area contributed by atoms with E-state index in [0.29, 0.717) is 11.3 Å². The summed E-state index contributed by atoms with van der Waals surface area (Å²) < 4.78 is 3.73. The summed E-state index contributed by atoms with van der Waals surface area (Å²) in [5.41, 5.74) is 0.828. The quantitative estimate of drug-likeness (QED) is 0.720. The van der Waals surface area contributed by atoms with Gasteiger partial charge in [0.2, 0.25) is 0 Å². The van der Waals surface area contributed by atoms with Crippen LogP contribution in [0.2, 0.25) is 0 Å². The maximum absolute atomic E-state index is 12.6. The molecule has 0 N–H and O–H groups in total. The molecule has 130 valence electrons. The first-order valence-electron chi connectivity index (χ1n) is 8.70. The lowest BCUT2D eigenvalue weighted by Crippen LogP contribution is -2.36. The minimum Gasteiger partial charge on any atom is -0.320 e. The van der Waals surface area contributed by atoms with Crippen LogP contribution in [-0.2, 0) is 20.1 Å². The van der Waals surface area contributed by atoms with E-state index in [2.05, 4.69) is 20.1 Å². The van der Waals surface area contributed by atoms with Gasteiger partial charge in [0, 0.05) is 13.6 Å². The predicted molar refractivity (Wildman–Crippen MR) is 95.0 cm³/mol. The van der Waals surface area contributed by atoms with Crippen molar-refractivity contribution in [3.05, 3.63) is 53.1 Å². The minimum absolute atomic E-state index is 0.0621. The third-order valence-corrected chi connectivity index (χ3v) is 5.06. The van der Waals surface area contributed by atoms with Gasteiger partial charge in [-0.3, -0.25) is 14.3 Å². The van der Waals surface area contributed by atoms with Gasteiger partial charge in [-0.15, -0.1) is 10.2 Å². The highest BCUT2D eigenvalue weighted by molar-refractivity contribution is 5.76. The minimum atomic E-state index is 0.0621. The lowest BCUT2D eigenvalue weighted by Gasteiger charge is -2.31. The highest BCUT2D eigenvalue weighted by atomic mass is 16.1. The van der Waals surface area contributed by atoms with Crippen molar-refractivity contribution < 1.29 is 0 Å². The van der Waals surface area contributed by atoms with Crippen LogP contribution in [0.15, 0.2) is 41.7 Å². The first kappa shape index (κ1) is 16.0. The normalized spacial score (nSPS) is 16.5. The first-order valence-corrected chi connectivity index (χ1v) is 8.70. The third-order valence-electron chi connectivity index (χ3n) is 5.06. The van der Waals surface area contributed by atoms with Crippen LogP contribution in [0.5, 0.6) is 0 Å².